The van der Waals surface area contributed by atoms with Gasteiger partial charge in [-0.3, -0.25) is 24.4 Å². The fourth-order valence-corrected chi connectivity index (χ4v) is 4.48. The van der Waals surface area contributed by atoms with Crippen LogP contribution in [0.3, 0.4) is 0 Å². The first-order valence-corrected chi connectivity index (χ1v) is 9.99. The monoisotopic (exact) mass is 427 g/mol. The van der Waals surface area contributed by atoms with E-state index in [4.69, 9.17) is 5.73 Å². The number of hydrogen-bond donors (Lipinski definition) is 2. The zero-order chi connectivity index (χ0) is 22.0. The van der Waals surface area contributed by atoms with Gasteiger partial charge in [0.1, 0.15) is 16.4 Å². The molecule has 3 N–H and O–H groups in total. The summed E-state index contributed by atoms with van der Waals surface area (Å²) in [4.78, 5) is 36.2. The van der Waals surface area contributed by atoms with Gasteiger partial charge in [0.15, 0.2) is 0 Å². The number of aromatic nitrogens is 2. The van der Waals surface area contributed by atoms with Crippen LogP contribution in [0.25, 0.3) is 11.1 Å². The maximum atomic E-state index is 12.5. The molecule has 156 valence electrons. The first-order chi connectivity index (χ1) is 14.2. The number of amides is 2. The van der Waals surface area contributed by atoms with E-state index in [1.807, 2.05) is 37.3 Å². The molecule has 2 aromatic heterocycles. The molecule has 0 saturated carbocycles. The fraction of sp³-hybridized carbons (Fsp3) is 0.250. The number of anilines is 1. The number of benzene rings is 1. The van der Waals surface area contributed by atoms with Crippen molar-refractivity contribution >= 4 is 33.8 Å². The van der Waals surface area contributed by atoms with Crippen molar-refractivity contribution in [1.29, 1.82) is 0 Å². The number of carbonyl (C=O) groups excluding carboxylic acids is 2. The molecule has 2 amide bonds. The quantitative estimate of drug-likeness (QED) is 0.439. The predicted molar refractivity (Wildman–Crippen MR) is 115 cm³/mol. The number of carbonyl (C=O) groups is 2. The first kappa shape index (κ1) is 21.2. The SMILES string of the molecule is Cc1nn(CCC(=O)Nc2sc(C)c(-c3ccccc3)c2C(N)=O)c(C)c1[N+](=O)[O-]. The number of thiophene rings is 1. The summed E-state index contributed by atoms with van der Waals surface area (Å²) in [6.07, 6.45) is 0.0366. The van der Waals surface area contributed by atoms with Crippen LogP contribution in [0.1, 0.15) is 33.0 Å². The molecular formula is C20H21N5O4S. The van der Waals surface area contributed by atoms with Crippen molar-refractivity contribution in [1.82, 2.24) is 9.78 Å². The molecule has 3 aromatic rings. The van der Waals surface area contributed by atoms with E-state index in [2.05, 4.69) is 10.4 Å². The van der Waals surface area contributed by atoms with Crippen molar-refractivity contribution in [2.45, 2.75) is 33.7 Å². The third kappa shape index (κ3) is 4.08. The first-order valence-electron chi connectivity index (χ1n) is 9.17. The van der Waals surface area contributed by atoms with Gasteiger partial charge >= 0.3 is 5.69 Å². The molecule has 0 saturated heterocycles. The van der Waals surface area contributed by atoms with E-state index in [9.17, 15) is 19.7 Å². The molecular weight excluding hydrogens is 406 g/mol. The number of nitrogens with two attached hydrogens (primary N) is 1. The van der Waals surface area contributed by atoms with Gasteiger partial charge in [-0.1, -0.05) is 30.3 Å². The van der Waals surface area contributed by atoms with Gasteiger partial charge in [-0.25, -0.2) is 0 Å². The lowest BCUT2D eigenvalue weighted by atomic mass is 10.0. The minimum Gasteiger partial charge on any atom is -0.365 e. The fourth-order valence-electron chi connectivity index (χ4n) is 3.39. The number of nitro groups is 1. The topological polar surface area (TPSA) is 133 Å². The molecule has 1 aromatic carbocycles. The number of aryl methyl sites for hydroxylation is 3. The van der Waals surface area contributed by atoms with Gasteiger partial charge in [-0.15, -0.1) is 11.3 Å². The molecule has 2 heterocycles. The number of hydrogen-bond acceptors (Lipinski definition) is 6. The van der Waals surface area contributed by atoms with Crippen LogP contribution in [0.2, 0.25) is 0 Å². The van der Waals surface area contributed by atoms with E-state index in [0.717, 1.165) is 10.4 Å². The van der Waals surface area contributed by atoms with Crippen LogP contribution in [-0.4, -0.2) is 26.5 Å². The Bertz CT molecular complexity index is 1130. The van der Waals surface area contributed by atoms with Crippen LogP contribution in [-0.2, 0) is 11.3 Å². The second-order valence-corrected chi connectivity index (χ2v) is 7.99. The summed E-state index contributed by atoms with van der Waals surface area (Å²) >= 11 is 1.28. The van der Waals surface area contributed by atoms with E-state index in [-0.39, 0.29) is 30.1 Å². The highest BCUT2D eigenvalue weighted by Gasteiger charge is 2.24. The highest BCUT2D eigenvalue weighted by molar-refractivity contribution is 7.17. The summed E-state index contributed by atoms with van der Waals surface area (Å²) in [7, 11) is 0. The van der Waals surface area contributed by atoms with Crippen LogP contribution in [0, 0.1) is 30.9 Å². The summed E-state index contributed by atoms with van der Waals surface area (Å²) in [5.74, 6) is -0.962. The lowest BCUT2D eigenvalue weighted by Gasteiger charge is -2.07. The van der Waals surface area contributed by atoms with E-state index >= 15 is 0 Å². The third-order valence-corrected chi connectivity index (χ3v) is 5.74. The lowest BCUT2D eigenvalue weighted by Crippen LogP contribution is -2.19. The molecule has 10 heteroatoms. The summed E-state index contributed by atoms with van der Waals surface area (Å²) in [6.45, 7) is 5.19. The van der Waals surface area contributed by atoms with Crippen LogP contribution in [0.15, 0.2) is 30.3 Å². The predicted octanol–water partition coefficient (Wildman–Crippen LogP) is 3.57. The van der Waals surface area contributed by atoms with Crippen LogP contribution >= 0.6 is 11.3 Å². The third-order valence-electron chi connectivity index (χ3n) is 4.72. The van der Waals surface area contributed by atoms with Gasteiger partial charge in [0, 0.05) is 16.9 Å². The van der Waals surface area contributed by atoms with Gasteiger partial charge in [0.05, 0.1) is 17.0 Å². The Balaban J connectivity index is 1.80. The Morgan fingerprint density at radius 1 is 1.23 bits per heavy atom. The minimum atomic E-state index is -0.623. The summed E-state index contributed by atoms with van der Waals surface area (Å²) < 4.78 is 1.44. The normalized spacial score (nSPS) is 10.8. The maximum Gasteiger partial charge on any atom is 0.312 e. The molecule has 0 aliphatic carbocycles. The average molecular weight is 427 g/mol. The van der Waals surface area contributed by atoms with Crippen LogP contribution in [0.5, 0.6) is 0 Å². The largest absolute Gasteiger partial charge is 0.365 e. The second-order valence-electron chi connectivity index (χ2n) is 6.77. The van der Waals surface area contributed by atoms with Crippen molar-refractivity contribution in [3.05, 3.63) is 62.3 Å². The van der Waals surface area contributed by atoms with Crippen molar-refractivity contribution in [3.8, 4) is 11.1 Å². The lowest BCUT2D eigenvalue weighted by molar-refractivity contribution is -0.386. The van der Waals surface area contributed by atoms with Gasteiger partial charge in [0.2, 0.25) is 5.91 Å². The zero-order valence-corrected chi connectivity index (χ0v) is 17.6. The molecule has 0 atom stereocenters. The molecule has 0 spiro atoms. The van der Waals surface area contributed by atoms with E-state index in [1.165, 1.54) is 16.0 Å². The molecule has 0 aliphatic heterocycles. The van der Waals surface area contributed by atoms with E-state index in [0.29, 0.717) is 22.0 Å². The van der Waals surface area contributed by atoms with Gasteiger partial charge in [0.25, 0.3) is 5.91 Å². The number of nitrogens with one attached hydrogen (secondary N) is 1. The molecule has 9 nitrogen and oxygen atoms in total. The van der Waals surface area contributed by atoms with Crippen molar-refractivity contribution in [2.75, 3.05) is 5.32 Å². The number of primary amides is 1. The van der Waals surface area contributed by atoms with Crippen LogP contribution in [0.4, 0.5) is 10.7 Å². The van der Waals surface area contributed by atoms with Crippen molar-refractivity contribution in [2.24, 2.45) is 5.73 Å². The Morgan fingerprint density at radius 3 is 2.47 bits per heavy atom. The maximum absolute atomic E-state index is 12.5. The zero-order valence-electron chi connectivity index (χ0n) is 16.8. The molecule has 0 fully saturated rings. The van der Waals surface area contributed by atoms with Crippen molar-refractivity contribution < 1.29 is 14.5 Å². The Kier molecular flexibility index (Phi) is 5.97. The standard InChI is InChI=1S/C20H21N5O4S/c1-11-18(25(28)29)12(2)24(23-11)10-9-15(26)22-20-17(19(21)27)16(13(3)30-20)14-7-5-4-6-8-14/h4-8H,9-10H2,1-3H3,(H2,21,27)(H,22,26). The summed E-state index contributed by atoms with van der Waals surface area (Å²) in [5.41, 5.74) is 8.08. The smallest absolute Gasteiger partial charge is 0.312 e. The Morgan fingerprint density at radius 2 is 1.90 bits per heavy atom. The number of nitrogens with zero attached hydrogens (tertiary/aromatic N) is 3. The molecule has 0 aliphatic rings. The molecule has 0 bridgehead atoms. The highest BCUT2D eigenvalue weighted by Crippen LogP contribution is 2.39. The molecule has 30 heavy (non-hydrogen) atoms. The van der Waals surface area contributed by atoms with Gasteiger partial charge in [-0.2, -0.15) is 5.10 Å². The van der Waals surface area contributed by atoms with Gasteiger partial charge in [-0.05, 0) is 26.3 Å². The van der Waals surface area contributed by atoms with Crippen LogP contribution < -0.4 is 11.1 Å². The Labute approximate surface area is 176 Å². The summed E-state index contributed by atoms with van der Waals surface area (Å²) in [6, 6.07) is 9.36. The van der Waals surface area contributed by atoms with E-state index in [1.54, 1.807) is 13.8 Å². The molecule has 0 radical (unpaired) electrons. The van der Waals surface area contributed by atoms with E-state index < -0.39 is 10.8 Å². The van der Waals surface area contributed by atoms with Gasteiger partial charge < -0.3 is 11.1 Å². The number of rotatable bonds is 7. The Hall–Kier alpha value is -3.53. The molecule has 0 unspecified atom stereocenters. The second kappa shape index (κ2) is 8.46. The van der Waals surface area contributed by atoms with Crippen molar-refractivity contribution in [3.63, 3.8) is 0 Å². The minimum absolute atomic E-state index is 0.0366. The molecule has 3 rings (SSSR count). The average Bonchev–Trinajstić information content (AvgIpc) is 3.16. The highest BCUT2D eigenvalue weighted by atomic mass is 32.1. The summed E-state index contributed by atoms with van der Waals surface area (Å²) in [5, 5.41) is 18.4.